The Morgan fingerprint density at radius 1 is 1.08 bits per heavy atom. The van der Waals surface area contributed by atoms with Crippen LogP contribution in [0, 0.1) is 0 Å². The molecule has 1 N–H and O–H groups in total. The summed E-state index contributed by atoms with van der Waals surface area (Å²) in [4.78, 5) is 2.26. The Hall–Kier alpha value is -2.93. The first kappa shape index (κ1) is 16.5. The first-order valence-electron chi connectivity index (χ1n) is 8.56. The molecule has 0 radical (unpaired) electrons. The van der Waals surface area contributed by atoms with Gasteiger partial charge in [0, 0.05) is 36.8 Å². The molecular formula is C19H20N6S. The highest BCUT2D eigenvalue weighted by atomic mass is 32.1. The molecule has 4 aromatic rings. The Morgan fingerprint density at radius 3 is 2.77 bits per heavy atom. The maximum Gasteiger partial charge on any atom is 0.186 e. The van der Waals surface area contributed by atoms with Gasteiger partial charge in [0.15, 0.2) is 11.5 Å². The first-order chi connectivity index (χ1) is 12.8. The van der Waals surface area contributed by atoms with Crippen LogP contribution in [0.2, 0.25) is 0 Å². The molecule has 0 saturated heterocycles. The Balaban J connectivity index is 1.38. The zero-order valence-corrected chi connectivity index (χ0v) is 15.4. The molecule has 0 bridgehead atoms. The fraction of sp³-hybridized carbons (Fsp3) is 0.211. The average Bonchev–Trinajstić information content (AvgIpc) is 3.34. The number of rotatable bonds is 7. The van der Waals surface area contributed by atoms with Crippen molar-refractivity contribution in [3.8, 4) is 11.4 Å². The molecule has 0 saturated carbocycles. The van der Waals surface area contributed by atoms with Crippen molar-refractivity contribution in [3.63, 3.8) is 0 Å². The summed E-state index contributed by atoms with van der Waals surface area (Å²) >= 11 is 1.64. The van der Waals surface area contributed by atoms with Crippen LogP contribution >= 0.6 is 11.3 Å². The van der Waals surface area contributed by atoms with Crippen molar-refractivity contribution in [2.45, 2.75) is 6.42 Å². The van der Waals surface area contributed by atoms with Crippen LogP contribution < -0.4 is 10.2 Å². The van der Waals surface area contributed by atoms with Crippen molar-refractivity contribution in [3.05, 3.63) is 59.3 Å². The molecule has 1 aromatic carbocycles. The van der Waals surface area contributed by atoms with Crippen LogP contribution in [0.3, 0.4) is 0 Å². The maximum absolute atomic E-state index is 4.64. The zero-order valence-electron chi connectivity index (χ0n) is 14.5. The fourth-order valence-electron chi connectivity index (χ4n) is 2.80. The van der Waals surface area contributed by atoms with Crippen LogP contribution in [0.25, 0.3) is 17.0 Å². The maximum atomic E-state index is 4.64. The number of benzene rings is 1. The number of hydrogen-bond donors (Lipinski definition) is 1. The number of thiophene rings is 1. The van der Waals surface area contributed by atoms with E-state index in [4.69, 9.17) is 0 Å². The van der Waals surface area contributed by atoms with Crippen LogP contribution in [0.4, 0.5) is 11.5 Å². The molecule has 4 rings (SSSR count). The number of hydrogen-bond acceptors (Lipinski definition) is 6. The van der Waals surface area contributed by atoms with Crippen LogP contribution in [-0.2, 0) is 0 Å². The predicted molar refractivity (Wildman–Crippen MR) is 107 cm³/mol. The summed E-state index contributed by atoms with van der Waals surface area (Å²) in [5.74, 6) is 1.60. The van der Waals surface area contributed by atoms with Gasteiger partial charge < -0.3 is 10.2 Å². The summed E-state index contributed by atoms with van der Waals surface area (Å²) in [6.45, 7) is 1.83. The number of nitrogens with zero attached hydrogens (tertiary/aromatic N) is 5. The molecule has 0 aliphatic rings. The van der Waals surface area contributed by atoms with Gasteiger partial charge in [-0.3, -0.25) is 0 Å². The van der Waals surface area contributed by atoms with Crippen molar-refractivity contribution in [1.82, 2.24) is 19.8 Å². The normalized spacial score (nSPS) is 11.0. The predicted octanol–water partition coefficient (Wildman–Crippen LogP) is 3.79. The van der Waals surface area contributed by atoms with Gasteiger partial charge in [-0.15, -0.1) is 15.3 Å². The minimum absolute atomic E-state index is 0.751. The van der Waals surface area contributed by atoms with Gasteiger partial charge in [-0.1, -0.05) is 18.2 Å². The van der Waals surface area contributed by atoms with Crippen molar-refractivity contribution < 1.29 is 0 Å². The standard InChI is InChI=1S/C19H20N6S/c1-24(16-6-3-2-4-7-16)12-5-11-20-17-8-9-18-21-22-19(25(18)23-17)15-10-13-26-14-15/h2-4,6-10,13-14H,5,11-12H2,1H3,(H,20,23). The van der Waals surface area contributed by atoms with Gasteiger partial charge >= 0.3 is 0 Å². The molecule has 3 heterocycles. The monoisotopic (exact) mass is 364 g/mol. The third-order valence-electron chi connectivity index (χ3n) is 4.22. The average molecular weight is 364 g/mol. The molecule has 0 aliphatic carbocycles. The number of aromatic nitrogens is 4. The molecule has 3 aromatic heterocycles. The highest BCUT2D eigenvalue weighted by molar-refractivity contribution is 7.08. The van der Waals surface area contributed by atoms with E-state index in [1.54, 1.807) is 15.9 Å². The van der Waals surface area contributed by atoms with E-state index >= 15 is 0 Å². The number of anilines is 2. The van der Waals surface area contributed by atoms with Crippen molar-refractivity contribution in [1.29, 1.82) is 0 Å². The minimum Gasteiger partial charge on any atom is -0.375 e. The van der Waals surface area contributed by atoms with E-state index in [-0.39, 0.29) is 0 Å². The first-order valence-corrected chi connectivity index (χ1v) is 9.50. The Labute approximate surface area is 156 Å². The highest BCUT2D eigenvalue weighted by Crippen LogP contribution is 2.20. The Bertz CT molecular complexity index is 964. The molecule has 0 fully saturated rings. The lowest BCUT2D eigenvalue weighted by Gasteiger charge is -2.19. The molecule has 0 aliphatic heterocycles. The molecule has 0 spiro atoms. The van der Waals surface area contributed by atoms with Crippen LogP contribution in [0.5, 0.6) is 0 Å². The smallest absolute Gasteiger partial charge is 0.186 e. The second-order valence-corrected chi connectivity index (χ2v) is 6.84. The van der Waals surface area contributed by atoms with E-state index < -0.39 is 0 Å². The van der Waals surface area contributed by atoms with E-state index in [0.717, 1.165) is 42.4 Å². The summed E-state index contributed by atoms with van der Waals surface area (Å²) in [6.07, 6.45) is 1.02. The lowest BCUT2D eigenvalue weighted by Crippen LogP contribution is -2.21. The lowest BCUT2D eigenvalue weighted by molar-refractivity contribution is 0.809. The van der Waals surface area contributed by atoms with Crippen molar-refractivity contribution in [2.75, 3.05) is 30.4 Å². The summed E-state index contributed by atoms with van der Waals surface area (Å²) in [5, 5.41) is 20.6. The largest absolute Gasteiger partial charge is 0.375 e. The van der Waals surface area contributed by atoms with E-state index in [9.17, 15) is 0 Å². The van der Waals surface area contributed by atoms with Gasteiger partial charge in [0.2, 0.25) is 0 Å². The lowest BCUT2D eigenvalue weighted by atomic mass is 10.3. The van der Waals surface area contributed by atoms with Gasteiger partial charge in [0.05, 0.1) is 0 Å². The molecule has 0 amide bonds. The highest BCUT2D eigenvalue weighted by Gasteiger charge is 2.10. The number of para-hydroxylation sites is 1. The molecular weight excluding hydrogens is 344 g/mol. The van der Waals surface area contributed by atoms with Gasteiger partial charge in [0.25, 0.3) is 0 Å². The molecule has 7 heteroatoms. The zero-order chi connectivity index (χ0) is 17.8. The second kappa shape index (κ2) is 7.53. The summed E-state index contributed by atoms with van der Waals surface area (Å²) in [5.41, 5.74) is 3.02. The topological polar surface area (TPSA) is 58.3 Å². The summed E-state index contributed by atoms with van der Waals surface area (Å²) in [6, 6.07) is 16.3. The fourth-order valence-corrected chi connectivity index (χ4v) is 3.43. The van der Waals surface area contributed by atoms with Gasteiger partial charge in [0.1, 0.15) is 5.82 Å². The van der Waals surface area contributed by atoms with E-state index in [0.29, 0.717) is 0 Å². The third-order valence-corrected chi connectivity index (χ3v) is 4.90. The second-order valence-electron chi connectivity index (χ2n) is 6.06. The van der Waals surface area contributed by atoms with Gasteiger partial charge in [-0.05, 0) is 42.1 Å². The Morgan fingerprint density at radius 2 is 1.96 bits per heavy atom. The molecule has 26 heavy (non-hydrogen) atoms. The third kappa shape index (κ3) is 3.52. The Kier molecular flexibility index (Phi) is 4.79. The van der Waals surface area contributed by atoms with Crippen LogP contribution in [0.1, 0.15) is 6.42 Å². The SMILES string of the molecule is CN(CCCNc1ccc2nnc(-c3ccsc3)n2n1)c1ccccc1. The molecule has 0 unspecified atom stereocenters. The van der Waals surface area contributed by atoms with Gasteiger partial charge in [-0.2, -0.15) is 15.9 Å². The van der Waals surface area contributed by atoms with Crippen LogP contribution in [-0.4, -0.2) is 39.9 Å². The van der Waals surface area contributed by atoms with Gasteiger partial charge in [-0.25, -0.2) is 0 Å². The van der Waals surface area contributed by atoms with E-state index in [2.05, 4.69) is 62.2 Å². The molecule has 6 nitrogen and oxygen atoms in total. The van der Waals surface area contributed by atoms with E-state index in [1.165, 1.54) is 5.69 Å². The van der Waals surface area contributed by atoms with Crippen LogP contribution in [0.15, 0.2) is 59.3 Å². The number of fused-ring (bicyclic) bond motifs is 1. The van der Waals surface area contributed by atoms with Crippen molar-refractivity contribution in [2.24, 2.45) is 0 Å². The molecule has 132 valence electrons. The number of nitrogens with one attached hydrogen (secondary N) is 1. The summed E-state index contributed by atoms with van der Waals surface area (Å²) in [7, 11) is 2.12. The molecule has 0 atom stereocenters. The van der Waals surface area contributed by atoms with E-state index in [1.807, 2.05) is 29.6 Å². The van der Waals surface area contributed by atoms with Crippen molar-refractivity contribution >= 4 is 28.5 Å². The summed E-state index contributed by atoms with van der Waals surface area (Å²) < 4.78 is 1.79. The minimum atomic E-state index is 0.751. The quantitative estimate of drug-likeness (QED) is 0.506.